The molecule has 0 aliphatic carbocycles. The molecule has 0 aromatic heterocycles. The van der Waals surface area contributed by atoms with Crippen LogP contribution in [0.15, 0.2) is 0 Å². The fourth-order valence-corrected chi connectivity index (χ4v) is 2.91. The van der Waals surface area contributed by atoms with Crippen LogP contribution in [0.3, 0.4) is 0 Å². The Morgan fingerprint density at radius 2 is 1.71 bits per heavy atom. The maximum Gasteiger partial charge on any atom is 0.135 e. The van der Waals surface area contributed by atoms with Crippen LogP contribution in [0.25, 0.3) is 0 Å². The molecule has 0 N–H and O–H groups in total. The van der Waals surface area contributed by atoms with E-state index in [1.54, 1.807) is 0 Å². The van der Waals surface area contributed by atoms with E-state index in [9.17, 15) is 4.79 Å². The summed E-state index contributed by atoms with van der Waals surface area (Å²) in [5.74, 6) is 0.581. The van der Waals surface area contributed by atoms with Gasteiger partial charge >= 0.3 is 0 Å². The van der Waals surface area contributed by atoms with Gasteiger partial charge in [0.1, 0.15) is 5.78 Å². The SMILES string of the molecule is CC(C)SC(C)(C)CCC(=O)C(C)C. The molecule has 0 fully saturated rings. The standard InChI is InChI=1S/C12H24OS/c1-9(2)11(13)7-8-12(5,6)14-10(3)4/h9-10H,7-8H2,1-6H3. The van der Waals surface area contributed by atoms with Crippen LogP contribution < -0.4 is 0 Å². The van der Waals surface area contributed by atoms with Gasteiger partial charge < -0.3 is 0 Å². The highest BCUT2D eigenvalue weighted by atomic mass is 32.2. The van der Waals surface area contributed by atoms with E-state index in [0.717, 1.165) is 12.8 Å². The summed E-state index contributed by atoms with van der Waals surface area (Å²) in [5.41, 5.74) is 0. The van der Waals surface area contributed by atoms with Gasteiger partial charge in [-0.2, -0.15) is 11.8 Å². The van der Waals surface area contributed by atoms with Gasteiger partial charge in [-0.1, -0.05) is 41.5 Å². The summed E-state index contributed by atoms with van der Waals surface area (Å²) < 4.78 is 0.235. The normalized spacial score (nSPS) is 12.6. The highest BCUT2D eigenvalue weighted by Gasteiger charge is 2.21. The number of ketones is 1. The molecular weight excluding hydrogens is 192 g/mol. The summed E-state index contributed by atoms with van der Waals surface area (Å²) in [6.07, 6.45) is 1.72. The molecular formula is C12H24OS. The third kappa shape index (κ3) is 6.47. The second kappa shape index (κ2) is 5.79. The molecule has 0 aromatic rings. The maximum absolute atomic E-state index is 11.5. The number of carbonyl (C=O) groups is 1. The third-order valence-electron chi connectivity index (χ3n) is 2.17. The number of thioether (sulfide) groups is 1. The maximum atomic E-state index is 11.5. The average Bonchev–Trinajstić information content (AvgIpc) is 1.97. The van der Waals surface area contributed by atoms with Crippen LogP contribution in [-0.4, -0.2) is 15.8 Å². The van der Waals surface area contributed by atoms with Gasteiger partial charge in [0.05, 0.1) is 0 Å². The zero-order valence-corrected chi connectivity index (χ0v) is 11.2. The van der Waals surface area contributed by atoms with E-state index in [-0.39, 0.29) is 10.7 Å². The quantitative estimate of drug-likeness (QED) is 0.669. The minimum Gasteiger partial charge on any atom is -0.299 e. The molecule has 14 heavy (non-hydrogen) atoms. The summed E-state index contributed by atoms with van der Waals surface area (Å²) in [6, 6.07) is 0. The van der Waals surface area contributed by atoms with Crippen molar-refractivity contribution in [2.45, 2.75) is 64.4 Å². The van der Waals surface area contributed by atoms with E-state index in [2.05, 4.69) is 27.7 Å². The molecule has 0 spiro atoms. The molecule has 0 saturated carbocycles. The second-order valence-corrected chi connectivity index (χ2v) is 7.33. The van der Waals surface area contributed by atoms with Crippen molar-refractivity contribution in [3.8, 4) is 0 Å². The van der Waals surface area contributed by atoms with Crippen molar-refractivity contribution < 1.29 is 4.79 Å². The number of hydrogen-bond acceptors (Lipinski definition) is 2. The van der Waals surface area contributed by atoms with Crippen LogP contribution in [-0.2, 0) is 4.79 Å². The lowest BCUT2D eigenvalue weighted by Crippen LogP contribution is -2.20. The Hall–Kier alpha value is 0.0200. The lowest BCUT2D eigenvalue weighted by atomic mass is 9.99. The Balaban J connectivity index is 3.92. The van der Waals surface area contributed by atoms with Crippen molar-refractivity contribution in [3.63, 3.8) is 0 Å². The second-order valence-electron chi connectivity index (χ2n) is 5.05. The van der Waals surface area contributed by atoms with Crippen molar-refractivity contribution in [2.75, 3.05) is 0 Å². The first-order valence-electron chi connectivity index (χ1n) is 5.45. The first kappa shape index (κ1) is 14.0. The van der Waals surface area contributed by atoms with Crippen LogP contribution >= 0.6 is 11.8 Å². The molecule has 0 unspecified atom stereocenters. The Kier molecular flexibility index (Phi) is 5.80. The summed E-state index contributed by atoms with van der Waals surface area (Å²) in [5, 5.41) is 0.638. The molecule has 0 amide bonds. The lowest BCUT2D eigenvalue weighted by Gasteiger charge is -2.26. The largest absolute Gasteiger partial charge is 0.299 e. The zero-order chi connectivity index (χ0) is 11.4. The molecule has 0 heterocycles. The molecule has 0 radical (unpaired) electrons. The van der Waals surface area contributed by atoms with E-state index < -0.39 is 0 Å². The van der Waals surface area contributed by atoms with Crippen molar-refractivity contribution in [1.29, 1.82) is 0 Å². The fourth-order valence-electron chi connectivity index (χ4n) is 1.41. The van der Waals surface area contributed by atoms with Crippen LogP contribution in [0, 0.1) is 5.92 Å². The third-order valence-corrected chi connectivity index (χ3v) is 3.49. The Labute approximate surface area is 93.0 Å². The number of rotatable bonds is 6. The Morgan fingerprint density at radius 1 is 1.21 bits per heavy atom. The molecule has 84 valence electrons. The van der Waals surface area contributed by atoms with Gasteiger partial charge in [0.15, 0.2) is 0 Å². The van der Waals surface area contributed by atoms with Crippen LogP contribution in [0.4, 0.5) is 0 Å². The van der Waals surface area contributed by atoms with Gasteiger partial charge in [-0.3, -0.25) is 4.79 Å². The highest BCUT2D eigenvalue weighted by molar-refractivity contribution is 8.01. The topological polar surface area (TPSA) is 17.1 Å². The fraction of sp³-hybridized carbons (Fsp3) is 0.917. The van der Waals surface area contributed by atoms with Crippen LogP contribution in [0.1, 0.15) is 54.4 Å². The summed E-state index contributed by atoms with van der Waals surface area (Å²) >= 11 is 1.96. The Bertz CT molecular complexity index is 183. The van der Waals surface area contributed by atoms with Gasteiger partial charge in [-0.15, -0.1) is 0 Å². The summed E-state index contributed by atoms with van der Waals surface area (Å²) in [6.45, 7) is 12.8. The zero-order valence-electron chi connectivity index (χ0n) is 10.4. The van der Waals surface area contributed by atoms with Gasteiger partial charge in [-0.25, -0.2) is 0 Å². The smallest absolute Gasteiger partial charge is 0.135 e. The average molecular weight is 216 g/mol. The van der Waals surface area contributed by atoms with Gasteiger partial charge in [0, 0.05) is 17.1 Å². The first-order chi connectivity index (χ1) is 6.24. The molecule has 0 aromatic carbocycles. The predicted octanol–water partition coefficient (Wildman–Crippen LogP) is 3.91. The summed E-state index contributed by atoms with van der Waals surface area (Å²) in [4.78, 5) is 11.5. The van der Waals surface area contributed by atoms with E-state index >= 15 is 0 Å². The van der Waals surface area contributed by atoms with E-state index in [0.29, 0.717) is 11.0 Å². The molecule has 1 nitrogen and oxygen atoms in total. The number of carbonyl (C=O) groups excluding carboxylic acids is 1. The van der Waals surface area contributed by atoms with E-state index in [1.165, 1.54) is 0 Å². The molecule has 2 heteroatoms. The Morgan fingerprint density at radius 3 is 2.07 bits per heavy atom. The van der Waals surface area contributed by atoms with E-state index in [1.807, 2.05) is 25.6 Å². The lowest BCUT2D eigenvalue weighted by molar-refractivity contribution is -0.122. The summed E-state index contributed by atoms with van der Waals surface area (Å²) in [7, 11) is 0. The van der Waals surface area contributed by atoms with Crippen molar-refractivity contribution in [2.24, 2.45) is 5.92 Å². The minimum absolute atomic E-state index is 0.190. The molecule has 0 bridgehead atoms. The van der Waals surface area contributed by atoms with E-state index in [4.69, 9.17) is 0 Å². The predicted molar refractivity (Wildman–Crippen MR) is 65.9 cm³/mol. The number of hydrogen-bond donors (Lipinski definition) is 0. The van der Waals surface area contributed by atoms with Crippen molar-refractivity contribution >= 4 is 17.5 Å². The molecule has 0 atom stereocenters. The molecule has 0 saturated heterocycles. The minimum atomic E-state index is 0.190. The van der Waals surface area contributed by atoms with Crippen LogP contribution in [0.5, 0.6) is 0 Å². The van der Waals surface area contributed by atoms with Gasteiger partial charge in [0.25, 0.3) is 0 Å². The van der Waals surface area contributed by atoms with Gasteiger partial charge in [0.2, 0.25) is 0 Å². The molecule has 0 aliphatic heterocycles. The molecule has 0 rings (SSSR count). The monoisotopic (exact) mass is 216 g/mol. The highest BCUT2D eigenvalue weighted by Crippen LogP contribution is 2.32. The first-order valence-corrected chi connectivity index (χ1v) is 6.33. The van der Waals surface area contributed by atoms with Gasteiger partial charge in [-0.05, 0) is 11.7 Å². The number of Topliss-reactive ketones (excluding diaryl/α,β-unsaturated/α-hetero) is 1. The van der Waals surface area contributed by atoms with Crippen molar-refractivity contribution in [1.82, 2.24) is 0 Å². The van der Waals surface area contributed by atoms with Crippen LogP contribution in [0.2, 0.25) is 0 Å². The van der Waals surface area contributed by atoms with Crippen molar-refractivity contribution in [3.05, 3.63) is 0 Å². The molecule has 0 aliphatic rings.